The molecule has 0 atom stereocenters. The summed E-state index contributed by atoms with van der Waals surface area (Å²) in [4.78, 5) is 4.25. The zero-order chi connectivity index (χ0) is 18.8. The summed E-state index contributed by atoms with van der Waals surface area (Å²) in [7, 11) is 3.47. The van der Waals surface area contributed by atoms with Crippen molar-refractivity contribution in [1.82, 2.24) is 10.6 Å². The van der Waals surface area contributed by atoms with Crippen molar-refractivity contribution < 1.29 is 9.47 Å². The molecular weight excluding hydrogens is 453 g/mol. The number of para-hydroxylation sites is 1. The molecule has 0 aliphatic rings. The van der Waals surface area contributed by atoms with E-state index in [0.717, 1.165) is 17.3 Å². The Morgan fingerprint density at radius 2 is 1.70 bits per heavy atom. The molecule has 0 amide bonds. The quantitative estimate of drug-likeness (QED) is 0.339. The number of aliphatic imine (C=N–C) groups is 1. The largest absolute Gasteiger partial charge is 0.489 e. The van der Waals surface area contributed by atoms with Crippen LogP contribution in [0.4, 0.5) is 0 Å². The maximum Gasteiger partial charge on any atom is 0.191 e. The standard InChI is InChI=1S/C21H29N3O2.HI/c1-21(2,25-4)16-24-20(22-3)23-14-17-9-8-10-18(13-17)15-26-19-11-6-5-7-12-19;/h5-13H,14-16H2,1-4H3,(H2,22,23,24);1H. The third-order valence-corrected chi connectivity index (χ3v) is 4.06. The van der Waals surface area contributed by atoms with Crippen LogP contribution in [0.1, 0.15) is 25.0 Å². The number of guanidine groups is 1. The van der Waals surface area contributed by atoms with Crippen LogP contribution in [0.3, 0.4) is 0 Å². The predicted molar refractivity (Wildman–Crippen MR) is 122 cm³/mol. The molecule has 6 heteroatoms. The molecule has 0 heterocycles. The second kappa shape index (κ2) is 11.8. The van der Waals surface area contributed by atoms with Crippen molar-refractivity contribution >= 4 is 29.9 Å². The molecule has 0 radical (unpaired) electrons. The molecule has 2 rings (SSSR count). The van der Waals surface area contributed by atoms with Gasteiger partial charge in [-0.15, -0.1) is 24.0 Å². The lowest BCUT2D eigenvalue weighted by Crippen LogP contribution is -2.45. The first kappa shape index (κ1) is 23.2. The summed E-state index contributed by atoms with van der Waals surface area (Å²) in [5.74, 6) is 1.63. The Morgan fingerprint density at radius 3 is 2.37 bits per heavy atom. The summed E-state index contributed by atoms with van der Waals surface area (Å²) in [6.45, 7) is 5.97. The van der Waals surface area contributed by atoms with E-state index in [1.54, 1.807) is 14.2 Å². The Labute approximate surface area is 179 Å². The maximum atomic E-state index is 5.81. The van der Waals surface area contributed by atoms with Crippen LogP contribution < -0.4 is 15.4 Å². The average Bonchev–Trinajstić information content (AvgIpc) is 2.67. The summed E-state index contributed by atoms with van der Waals surface area (Å²) in [6.07, 6.45) is 0. The van der Waals surface area contributed by atoms with Crippen molar-refractivity contribution in [3.05, 3.63) is 65.7 Å². The zero-order valence-corrected chi connectivity index (χ0v) is 18.8. The van der Waals surface area contributed by atoms with Crippen LogP contribution in [0, 0.1) is 0 Å². The third kappa shape index (κ3) is 8.62. The van der Waals surface area contributed by atoms with Crippen LogP contribution in [-0.2, 0) is 17.9 Å². The molecule has 0 aromatic heterocycles. The second-order valence-corrected chi connectivity index (χ2v) is 6.66. The number of halogens is 1. The highest BCUT2D eigenvalue weighted by atomic mass is 127. The van der Waals surface area contributed by atoms with E-state index in [4.69, 9.17) is 9.47 Å². The van der Waals surface area contributed by atoms with Crippen LogP contribution in [0.25, 0.3) is 0 Å². The molecule has 2 N–H and O–H groups in total. The number of ether oxygens (including phenoxy) is 2. The molecule has 148 valence electrons. The monoisotopic (exact) mass is 483 g/mol. The molecule has 0 bridgehead atoms. The normalized spacial score (nSPS) is 11.5. The van der Waals surface area contributed by atoms with Crippen LogP contribution >= 0.6 is 24.0 Å². The van der Waals surface area contributed by atoms with Gasteiger partial charge in [0.05, 0.1) is 5.60 Å². The Bertz CT molecular complexity index is 706. The number of methoxy groups -OCH3 is 1. The lowest BCUT2D eigenvalue weighted by atomic mass is 10.1. The maximum absolute atomic E-state index is 5.81. The molecule has 0 unspecified atom stereocenters. The molecule has 27 heavy (non-hydrogen) atoms. The topological polar surface area (TPSA) is 54.9 Å². The first-order chi connectivity index (χ1) is 12.5. The smallest absolute Gasteiger partial charge is 0.191 e. The summed E-state index contributed by atoms with van der Waals surface area (Å²) in [6, 6.07) is 18.2. The minimum absolute atomic E-state index is 0. The van der Waals surface area contributed by atoms with Gasteiger partial charge in [-0.25, -0.2) is 0 Å². The second-order valence-electron chi connectivity index (χ2n) is 6.66. The SMILES string of the molecule is CN=C(NCc1cccc(COc2ccccc2)c1)NCC(C)(C)OC.I. The Kier molecular flexibility index (Phi) is 10.2. The number of nitrogens with zero attached hydrogens (tertiary/aromatic N) is 1. The molecule has 0 saturated carbocycles. The zero-order valence-electron chi connectivity index (χ0n) is 16.5. The molecular formula is C21H30IN3O2. The number of nitrogens with one attached hydrogen (secondary N) is 2. The summed E-state index contributed by atoms with van der Waals surface area (Å²) in [5, 5.41) is 6.61. The fourth-order valence-corrected chi connectivity index (χ4v) is 2.29. The van der Waals surface area contributed by atoms with Crippen LogP contribution in [-0.4, -0.2) is 32.3 Å². The molecule has 0 aliphatic carbocycles. The van der Waals surface area contributed by atoms with E-state index in [2.05, 4.69) is 33.8 Å². The van der Waals surface area contributed by atoms with E-state index in [1.807, 2.05) is 50.2 Å². The van der Waals surface area contributed by atoms with E-state index in [0.29, 0.717) is 19.7 Å². The lowest BCUT2D eigenvalue weighted by Gasteiger charge is -2.24. The number of hydrogen-bond acceptors (Lipinski definition) is 3. The molecule has 0 saturated heterocycles. The van der Waals surface area contributed by atoms with Gasteiger partial charge in [0.15, 0.2) is 5.96 Å². The van der Waals surface area contributed by atoms with E-state index >= 15 is 0 Å². The van der Waals surface area contributed by atoms with Gasteiger partial charge in [0.2, 0.25) is 0 Å². The van der Waals surface area contributed by atoms with Gasteiger partial charge in [0.25, 0.3) is 0 Å². The van der Waals surface area contributed by atoms with E-state index in [-0.39, 0.29) is 29.6 Å². The van der Waals surface area contributed by atoms with Crippen LogP contribution in [0.15, 0.2) is 59.6 Å². The van der Waals surface area contributed by atoms with E-state index in [9.17, 15) is 0 Å². The summed E-state index contributed by atoms with van der Waals surface area (Å²) < 4.78 is 11.2. The Balaban J connectivity index is 0.00000364. The molecule has 5 nitrogen and oxygen atoms in total. The van der Waals surface area contributed by atoms with Gasteiger partial charge in [0.1, 0.15) is 12.4 Å². The lowest BCUT2D eigenvalue weighted by molar-refractivity contribution is 0.0268. The highest BCUT2D eigenvalue weighted by Crippen LogP contribution is 2.12. The van der Waals surface area contributed by atoms with Gasteiger partial charge in [-0.1, -0.05) is 42.5 Å². The predicted octanol–water partition coefficient (Wildman–Crippen LogP) is 3.97. The van der Waals surface area contributed by atoms with Crippen molar-refractivity contribution in [2.24, 2.45) is 4.99 Å². The fraction of sp³-hybridized carbons (Fsp3) is 0.381. The summed E-state index contributed by atoms with van der Waals surface area (Å²) in [5.41, 5.74) is 2.07. The number of benzene rings is 2. The van der Waals surface area contributed by atoms with Crippen molar-refractivity contribution in [2.45, 2.75) is 32.6 Å². The average molecular weight is 483 g/mol. The van der Waals surface area contributed by atoms with Crippen molar-refractivity contribution in [2.75, 3.05) is 20.7 Å². The van der Waals surface area contributed by atoms with Gasteiger partial charge in [-0.3, -0.25) is 4.99 Å². The van der Waals surface area contributed by atoms with E-state index in [1.165, 1.54) is 5.56 Å². The number of hydrogen-bond donors (Lipinski definition) is 2. The molecule has 2 aromatic rings. The first-order valence-corrected chi connectivity index (χ1v) is 8.78. The van der Waals surface area contributed by atoms with Crippen molar-refractivity contribution in [3.63, 3.8) is 0 Å². The first-order valence-electron chi connectivity index (χ1n) is 8.78. The Morgan fingerprint density at radius 1 is 1.00 bits per heavy atom. The van der Waals surface area contributed by atoms with Gasteiger partial charge in [0, 0.05) is 27.2 Å². The fourth-order valence-electron chi connectivity index (χ4n) is 2.29. The highest BCUT2D eigenvalue weighted by molar-refractivity contribution is 14.0. The molecule has 2 aromatic carbocycles. The van der Waals surface area contributed by atoms with Gasteiger partial charge < -0.3 is 20.1 Å². The van der Waals surface area contributed by atoms with Crippen LogP contribution in [0.2, 0.25) is 0 Å². The van der Waals surface area contributed by atoms with E-state index < -0.39 is 0 Å². The van der Waals surface area contributed by atoms with Crippen molar-refractivity contribution in [1.29, 1.82) is 0 Å². The Hall–Kier alpha value is -1.80. The van der Waals surface area contributed by atoms with Gasteiger partial charge in [-0.05, 0) is 37.1 Å². The van der Waals surface area contributed by atoms with Gasteiger partial charge in [-0.2, -0.15) is 0 Å². The molecule has 0 fully saturated rings. The molecule has 0 spiro atoms. The minimum Gasteiger partial charge on any atom is -0.489 e. The number of rotatable bonds is 8. The van der Waals surface area contributed by atoms with Gasteiger partial charge >= 0.3 is 0 Å². The molecule has 0 aliphatic heterocycles. The van der Waals surface area contributed by atoms with Crippen molar-refractivity contribution in [3.8, 4) is 5.75 Å². The highest BCUT2D eigenvalue weighted by Gasteiger charge is 2.16. The minimum atomic E-state index is -0.244. The third-order valence-electron chi connectivity index (χ3n) is 4.06. The summed E-state index contributed by atoms with van der Waals surface area (Å²) >= 11 is 0. The van der Waals surface area contributed by atoms with Crippen LogP contribution in [0.5, 0.6) is 5.75 Å².